The Hall–Kier alpha value is -7.42. The summed E-state index contributed by atoms with van der Waals surface area (Å²) < 4.78 is 4.29. The summed E-state index contributed by atoms with van der Waals surface area (Å²) in [5, 5.41) is 20.6. The number of hydrogen-bond donors (Lipinski definition) is 5. The molecule has 12 nitrogen and oxygen atoms in total. The molecule has 1 aliphatic heterocycles. The van der Waals surface area contributed by atoms with Gasteiger partial charge in [-0.1, -0.05) is 188 Å². The van der Waals surface area contributed by atoms with Crippen molar-refractivity contribution in [1.29, 1.82) is 0 Å². The van der Waals surface area contributed by atoms with E-state index in [2.05, 4.69) is 57.7 Å². The van der Waals surface area contributed by atoms with E-state index >= 15 is 0 Å². The predicted octanol–water partition coefficient (Wildman–Crippen LogP) is 8.54. The Morgan fingerprint density at radius 3 is 1.47 bits per heavy atom. The molecule has 7 rings (SSSR count). The molecule has 376 valence electrons. The lowest BCUT2D eigenvalue weighted by atomic mass is 9.84. The van der Waals surface area contributed by atoms with Crippen molar-refractivity contribution in [2.75, 3.05) is 18.1 Å². The number of benzene rings is 6. The van der Waals surface area contributed by atoms with E-state index in [4.69, 9.17) is 4.74 Å². The Morgan fingerprint density at radius 2 is 1.04 bits per heavy atom. The Morgan fingerprint density at radius 1 is 0.616 bits per heavy atom. The third kappa shape index (κ3) is 13.6. The number of carbonyl (C=O) groups excluding carboxylic acids is 5. The van der Waals surface area contributed by atoms with Crippen LogP contribution in [0.4, 0.5) is 0 Å². The minimum absolute atomic E-state index is 0.0474. The SMILES string of the molecule is CC1(C)NC(=O)[C@@H](CSC(c2ccccc2)(c2ccccc2)c2ccccc2)NC(=O)[C@@H](CCC(=O)O)NC(=O)C[C@@H](/C=C/CCSC(c2ccccc2)(c2ccccc2)c2ccccc2)OC(=O)CNC1=O. The van der Waals surface area contributed by atoms with Gasteiger partial charge in [-0.3, -0.25) is 28.8 Å². The highest BCUT2D eigenvalue weighted by atomic mass is 32.2. The fourth-order valence-electron chi connectivity index (χ4n) is 8.89. The molecule has 0 aromatic heterocycles. The van der Waals surface area contributed by atoms with Crippen LogP contribution in [-0.2, 0) is 43.0 Å². The molecule has 1 heterocycles. The zero-order valence-corrected chi connectivity index (χ0v) is 42.4. The number of carbonyl (C=O) groups is 6. The largest absolute Gasteiger partial charge is 0.481 e. The van der Waals surface area contributed by atoms with Crippen LogP contribution in [0.2, 0.25) is 0 Å². The normalized spacial score (nSPS) is 18.2. The van der Waals surface area contributed by atoms with Gasteiger partial charge >= 0.3 is 11.9 Å². The van der Waals surface area contributed by atoms with Gasteiger partial charge in [0.1, 0.15) is 30.3 Å². The molecule has 4 amide bonds. The Kier molecular flexibility index (Phi) is 18.5. The van der Waals surface area contributed by atoms with Gasteiger partial charge < -0.3 is 31.1 Å². The van der Waals surface area contributed by atoms with Crippen molar-refractivity contribution in [1.82, 2.24) is 21.3 Å². The van der Waals surface area contributed by atoms with Gasteiger partial charge in [-0.05, 0) is 71.9 Å². The number of rotatable bonds is 17. The van der Waals surface area contributed by atoms with Crippen LogP contribution in [-0.4, -0.2) is 82.5 Å². The molecule has 0 unspecified atom stereocenters. The first-order valence-electron chi connectivity index (χ1n) is 24.2. The first kappa shape index (κ1) is 53.4. The highest BCUT2D eigenvalue weighted by Gasteiger charge is 2.41. The van der Waals surface area contributed by atoms with E-state index in [9.17, 15) is 33.9 Å². The van der Waals surface area contributed by atoms with Gasteiger partial charge in [-0.2, -0.15) is 0 Å². The Bertz CT molecular complexity index is 2630. The molecule has 1 saturated heterocycles. The van der Waals surface area contributed by atoms with E-state index < -0.39 is 88.2 Å². The number of ether oxygens (including phenoxy) is 1. The summed E-state index contributed by atoms with van der Waals surface area (Å²) in [6.45, 7) is 2.38. The highest BCUT2D eigenvalue weighted by Crippen LogP contribution is 2.50. The van der Waals surface area contributed by atoms with Crippen LogP contribution in [0.5, 0.6) is 0 Å². The maximum Gasteiger partial charge on any atom is 0.326 e. The van der Waals surface area contributed by atoms with E-state index in [1.54, 1.807) is 17.8 Å². The summed E-state index contributed by atoms with van der Waals surface area (Å²) in [5.41, 5.74) is 4.40. The van der Waals surface area contributed by atoms with Gasteiger partial charge in [0.25, 0.3) is 0 Å². The Labute approximate surface area is 435 Å². The minimum Gasteiger partial charge on any atom is -0.481 e. The highest BCUT2D eigenvalue weighted by molar-refractivity contribution is 8.00. The van der Waals surface area contributed by atoms with Crippen molar-refractivity contribution in [3.05, 3.63) is 228 Å². The molecule has 3 atom stereocenters. The van der Waals surface area contributed by atoms with Crippen LogP contribution in [0.1, 0.15) is 72.9 Å². The maximum absolute atomic E-state index is 14.5. The molecule has 1 fully saturated rings. The number of hydrogen-bond acceptors (Lipinski definition) is 9. The van der Waals surface area contributed by atoms with Crippen molar-refractivity contribution in [2.45, 2.75) is 72.8 Å². The van der Waals surface area contributed by atoms with Crippen molar-refractivity contribution in [3.63, 3.8) is 0 Å². The van der Waals surface area contributed by atoms with Gasteiger partial charge in [0.15, 0.2) is 0 Å². The quantitative estimate of drug-likeness (QED) is 0.0257. The van der Waals surface area contributed by atoms with E-state index in [1.165, 1.54) is 25.6 Å². The number of carboxylic acid groups (broad SMARTS) is 1. The monoisotopic (exact) mass is 1020 g/mol. The summed E-state index contributed by atoms with van der Waals surface area (Å²) in [7, 11) is 0. The molecule has 0 spiro atoms. The molecule has 0 saturated carbocycles. The third-order valence-corrected chi connectivity index (χ3v) is 15.7. The van der Waals surface area contributed by atoms with Crippen LogP contribution in [0, 0.1) is 0 Å². The molecule has 0 bridgehead atoms. The maximum atomic E-state index is 14.5. The summed E-state index contributed by atoms with van der Waals surface area (Å²) >= 11 is 3.14. The molecular formula is C59H60N4O8S2. The number of nitrogens with one attached hydrogen (secondary N) is 4. The lowest BCUT2D eigenvalue weighted by molar-refractivity contribution is -0.149. The lowest BCUT2D eigenvalue weighted by Gasteiger charge is -2.37. The van der Waals surface area contributed by atoms with Crippen molar-refractivity contribution in [3.8, 4) is 0 Å². The number of aliphatic carboxylic acids is 1. The number of amides is 4. The molecule has 73 heavy (non-hydrogen) atoms. The number of thioether (sulfide) groups is 2. The lowest BCUT2D eigenvalue weighted by Crippen LogP contribution is -2.61. The molecule has 0 aliphatic carbocycles. The van der Waals surface area contributed by atoms with Crippen LogP contribution in [0.25, 0.3) is 0 Å². The van der Waals surface area contributed by atoms with E-state index in [0.29, 0.717) is 12.2 Å². The van der Waals surface area contributed by atoms with E-state index in [0.717, 1.165) is 33.4 Å². The van der Waals surface area contributed by atoms with Gasteiger partial charge in [-0.25, -0.2) is 0 Å². The molecule has 6 aromatic carbocycles. The van der Waals surface area contributed by atoms with Crippen molar-refractivity contribution >= 4 is 59.1 Å². The molecule has 14 heteroatoms. The molecule has 0 radical (unpaired) electrons. The number of esters is 1. The van der Waals surface area contributed by atoms with Crippen LogP contribution < -0.4 is 21.3 Å². The second-order valence-corrected chi connectivity index (χ2v) is 20.6. The fourth-order valence-corrected chi connectivity index (χ4v) is 11.9. The topological polar surface area (TPSA) is 180 Å². The van der Waals surface area contributed by atoms with E-state index in [-0.39, 0.29) is 12.2 Å². The van der Waals surface area contributed by atoms with Crippen LogP contribution in [0.3, 0.4) is 0 Å². The second kappa shape index (κ2) is 25.3. The summed E-state index contributed by atoms with van der Waals surface area (Å²) in [4.78, 5) is 82.1. The number of cyclic esters (lactones) is 1. The van der Waals surface area contributed by atoms with E-state index in [1.807, 2.05) is 152 Å². The first-order chi connectivity index (χ1) is 35.3. The third-order valence-electron chi connectivity index (χ3n) is 12.5. The second-order valence-electron chi connectivity index (χ2n) is 18.1. The number of carboxylic acids is 1. The van der Waals surface area contributed by atoms with Crippen LogP contribution in [0.15, 0.2) is 194 Å². The van der Waals surface area contributed by atoms with Gasteiger partial charge in [-0.15, -0.1) is 23.5 Å². The summed E-state index contributed by atoms with van der Waals surface area (Å²) in [6, 6.07) is 57.4. The standard InChI is InChI=1S/C59H60N4O8S2/c1-57(2)56(70)60-40-53(67)71-48(35-21-22-38-72-58(42-23-9-3-10-24-42,43-25-11-4-12-26-43)44-27-13-5-14-28-44)39-51(64)61-49(36-37-52(65)66)54(68)62-50(55(69)63-57)41-73-59(45-29-15-6-16-30-45,46-31-17-7-18-32-46)47-33-19-8-20-34-47/h3-21,23-35,48-50H,22,36-41H2,1-2H3,(H,60,70)(H,61,64)(H,62,68)(H,63,69)(H,65,66)/b35-21+/t48-,49-,50-/m1/s1. The molecule has 1 aliphatic rings. The van der Waals surface area contributed by atoms with Gasteiger partial charge in [0.05, 0.1) is 15.9 Å². The average molecular weight is 1020 g/mol. The zero-order chi connectivity index (χ0) is 51.7. The smallest absolute Gasteiger partial charge is 0.326 e. The zero-order valence-electron chi connectivity index (χ0n) is 40.8. The fraction of sp³-hybridized carbons (Fsp3) is 0.254. The molecular weight excluding hydrogens is 957 g/mol. The Balaban J connectivity index is 1.16. The average Bonchev–Trinajstić information content (AvgIpc) is 3.41. The first-order valence-corrected chi connectivity index (χ1v) is 26.2. The van der Waals surface area contributed by atoms with Gasteiger partial charge in [0, 0.05) is 12.2 Å². The molecule has 6 aromatic rings. The van der Waals surface area contributed by atoms with Crippen molar-refractivity contribution in [2.24, 2.45) is 0 Å². The minimum atomic E-state index is -1.60. The van der Waals surface area contributed by atoms with Gasteiger partial charge in [0.2, 0.25) is 23.6 Å². The number of allylic oxidation sites excluding steroid dienone is 1. The summed E-state index contributed by atoms with van der Waals surface area (Å²) in [6.07, 6.45) is 1.59. The predicted molar refractivity (Wildman–Crippen MR) is 288 cm³/mol. The van der Waals surface area contributed by atoms with Crippen molar-refractivity contribution < 1.29 is 38.6 Å². The molecule has 5 N–H and O–H groups in total. The van der Waals surface area contributed by atoms with Crippen LogP contribution >= 0.6 is 23.5 Å². The summed E-state index contributed by atoms with van der Waals surface area (Å²) in [5.74, 6) is -4.42.